The molecular weight excluding hydrogens is 441 g/mol. The zero-order valence-corrected chi connectivity index (χ0v) is 20.9. The zero-order chi connectivity index (χ0) is 24.7. The molecule has 5 rings (SSSR count). The Balaban J connectivity index is 1.31. The fourth-order valence-electron chi connectivity index (χ4n) is 5.53. The molecule has 4 nitrogen and oxygen atoms in total. The van der Waals surface area contributed by atoms with Crippen molar-refractivity contribution in [2.75, 3.05) is 6.61 Å². The number of ketones is 1. The van der Waals surface area contributed by atoms with E-state index in [9.17, 15) is 9.18 Å². The number of pyridine rings is 1. The number of unbranched alkanes of at least 4 members (excludes halogenated alkanes) is 1. The van der Waals surface area contributed by atoms with Crippen LogP contribution in [0.3, 0.4) is 0 Å². The molecule has 0 saturated heterocycles. The minimum absolute atomic E-state index is 0.102. The lowest BCUT2D eigenvalue weighted by atomic mass is 9.94. The van der Waals surface area contributed by atoms with Crippen LogP contribution in [0.1, 0.15) is 60.4 Å². The molecule has 0 radical (unpaired) electrons. The Morgan fingerprint density at radius 2 is 1.89 bits per heavy atom. The summed E-state index contributed by atoms with van der Waals surface area (Å²) in [6.07, 6.45) is 4.85. The molecule has 1 heterocycles. The van der Waals surface area contributed by atoms with Gasteiger partial charge in [-0.15, -0.1) is 0 Å². The largest absolute Gasteiger partial charge is 0.494 e. The molecule has 5 heteroatoms. The molecule has 2 aromatic carbocycles. The predicted octanol–water partition coefficient (Wildman–Crippen LogP) is 6.74. The van der Waals surface area contributed by atoms with Crippen molar-refractivity contribution in [2.24, 2.45) is 11.8 Å². The Kier molecular flexibility index (Phi) is 6.35. The Bertz CT molecular complexity index is 1280. The molecule has 0 amide bonds. The molecule has 0 spiro atoms. The lowest BCUT2D eigenvalue weighted by molar-refractivity contribution is -0.118. The van der Waals surface area contributed by atoms with Crippen LogP contribution < -0.4 is 9.47 Å². The molecule has 0 unspecified atom stereocenters. The van der Waals surface area contributed by atoms with Gasteiger partial charge in [0.25, 0.3) is 0 Å². The fourth-order valence-corrected chi connectivity index (χ4v) is 5.53. The van der Waals surface area contributed by atoms with Crippen LogP contribution in [0, 0.1) is 31.5 Å². The Morgan fingerprint density at radius 3 is 2.63 bits per heavy atom. The second kappa shape index (κ2) is 9.44. The van der Waals surface area contributed by atoms with Gasteiger partial charge in [-0.25, -0.2) is 9.37 Å². The minimum Gasteiger partial charge on any atom is -0.494 e. The average molecular weight is 474 g/mol. The maximum Gasteiger partial charge on any atom is 0.213 e. The van der Waals surface area contributed by atoms with Crippen molar-refractivity contribution in [3.63, 3.8) is 0 Å². The molecular formula is C30H32FNO3. The SMILES string of the molecule is CCCCOc1ccc(-c2cc(COc3cc4c(cn3)[C@H]3[C@@H](C4)[C@@H]3C(C)=O)c(F)cc2C)c(C)c1. The summed E-state index contributed by atoms with van der Waals surface area (Å²) < 4.78 is 26.6. The quantitative estimate of drug-likeness (QED) is 0.323. The summed E-state index contributed by atoms with van der Waals surface area (Å²) in [5.74, 6) is 2.25. The number of aryl methyl sites for hydroxylation is 2. The van der Waals surface area contributed by atoms with Crippen molar-refractivity contribution in [3.05, 3.63) is 76.2 Å². The molecule has 0 bridgehead atoms. The number of benzene rings is 2. The van der Waals surface area contributed by atoms with Gasteiger partial charge in [0.15, 0.2) is 0 Å². The van der Waals surface area contributed by atoms with Crippen LogP contribution >= 0.6 is 0 Å². The van der Waals surface area contributed by atoms with Crippen molar-refractivity contribution in [1.29, 1.82) is 0 Å². The van der Waals surface area contributed by atoms with E-state index in [4.69, 9.17) is 9.47 Å². The van der Waals surface area contributed by atoms with E-state index >= 15 is 0 Å². The van der Waals surface area contributed by atoms with Crippen LogP contribution in [0.15, 0.2) is 42.6 Å². The fraction of sp³-hybridized carbons (Fsp3) is 0.400. The first-order valence-electron chi connectivity index (χ1n) is 12.5. The van der Waals surface area contributed by atoms with Crippen molar-refractivity contribution < 1.29 is 18.7 Å². The molecule has 35 heavy (non-hydrogen) atoms. The maximum atomic E-state index is 14.8. The first-order chi connectivity index (χ1) is 16.9. The Morgan fingerprint density at radius 1 is 1.09 bits per heavy atom. The summed E-state index contributed by atoms with van der Waals surface area (Å²) in [4.78, 5) is 16.2. The number of nitrogens with zero attached hydrogens (tertiary/aromatic N) is 1. The van der Waals surface area contributed by atoms with Gasteiger partial charge in [0, 0.05) is 23.7 Å². The average Bonchev–Trinajstić information content (AvgIpc) is 3.42. The molecule has 1 aromatic heterocycles. The third-order valence-electron chi connectivity index (χ3n) is 7.48. The van der Waals surface area contributed by atoms with Crippen molar-refractivity contribution in [3.8, 4) is 22.8 Å². The predicted molar refractivity (Wildman–Crippen MR) is 134 cm³/mol. The van der Waals surface area contributed by atoms with Crippen LogP contribution in [-0.4, -0.2) is 17.4 Å². The van der Waals surface area contributed by atoms with E-state index in [0.29, 0.717) is 29.9 Å². The third-order valence-corrected chi connectivity index (χ3v) is 7.48. The topological polar surface area (TPSA) is 48.4 Å². The van der Waals surface area contributed by atoms with Gasteiger partial charge in [-0.1, -0.05) is 19.4 Å². The monoisotopic (exact) mass is 473 g/mol. The zero-order valence-electron chi connectivity index (χ0n) is 20.9. The van der Waals surface area contributed by atoms with Crippen molar-refractivity contribution >= 4 is 5.78 Å². The van der Waals surface area contributed by atoms with E-state index in [1.165, 1.54) is 11.1 Å². The smallest absolute Gasteiger partial charge is 0.213 e. The Labute approximate surface area is 206 Å². The number of carbonyl (C=O) groups excluding carboxylic acids is 1. The lowest BCUT2D eigenvalue weighted by Crippen LogP contribution is -2.05. The summed E-state index contributed by atoms with van der Waals surface area (Å²) >= 11 is 0. The van der Waals surface area contributed by atoms with Crippen LogP contribution in [0.5, 0.6) is 11.6 Å². The van der Waals surface area contributed by atoms with E-state index in [0.717, 1.165) is 47.3 Å². The van der Waals surface area contributed by atoms with Crippen LogP contribution in [0.2, 0.25) is 0 Å². The third kappa shape index (κ3) is 4.56. The number of fused-ring (bicyclic) bond motifs is 3. The van der Waals surface area contributed by atoms with Crippen molar-refractivity contribution in [1.82, 2.24) is 4.98 Å². The number of aromatic nitrogens is 1. The Hall–Kier alpha value is -3.21. The van der Waals surface area contributed by atoms with E-state index in [2.05, 4.69) is 18.8 Å². The first kappa shape index (κ1) is 23.5. The number of ether oxygens (including phenoxy) is 2. The molecule has 1 saturated carbocycles. The van der Waals surface area contributed by atoms with E-state index < -0.39 is 0 Å². The van der Waals surface area contributed by atoms with Gasteiger partial charge in [-0.3, -0.25) is 4.79 Å². The second-order valence-corrected chi connectivity index (χ2v) is 9.98. The second-order valence-electron chi connectivity index (χ2n) is 9.98. The minimum atomic E-state index is -0.282. The maximum absolute atomic E-state index is 14.8. The molecule has 2 aliphatic carbocycles. The number of halogens is 1. The van der Waals surface area contributed by atoms with Gasteiger partial charge >= 0.3 is 0 Å². The highest BCUT2D eigenvalue weighted by Crippen LogP contribution is 2.61. The molecule has 0 aliphatic heterocycles. The number of Topliss-reactive ketones (excluding diaryl/α,β-unsaturated/α-hetero) is 1. The van der Waals surface area contributed by atoms with Crippen LogP contribution in [0.4, 0.5) is 4.39 Å². The summed E-state index contributed by atoms with van der Waals surface area (Å²) in [6.45, 7) is 8.61. The summed E-state index contributed by atoms with van der Waals surface area (Å²) in [5, 5.41) is 0. The van der Waals surface area contributed by atoms with Gasteiger partial charge in [0.1, 0.15) is 24.0 Å². The summed E-state index contributed by atoms with van der Waals surface area (Å²) in [7, 11) is 0. The van der Waals surface area contributed by atoms with E-state index in [1.54, 1.807) is 13.0 Å². The van der Waals surface area contributed by atoms with Gasteiger partial charge in [-0.05, 0) is 103 Å². The molecule has 2 aliphatic rings. The van der Waals surface area contributed by atoms with E-state index in [1.807, 2.05) is 43.5 Å². The van der Waals surface area contributed by atoms with Crippen LogP contribution in [0.25, 0.3) is 11.1 Å². The molecule has 1 fully saturated rings. The molecule has 3 aromatic rings. The van der Waals surface area contributed by atoms with Gasteiger partial charge in [0.2, 0.25) is 5.88 Å². The number of carbonyl (C=O) groups is 1. The highest BCUT2D eigenvalue weighted by molar-refractivity contribution is 5.84. The molecule has 0 N–H and O–H groups in total. The number of rotatable bonds is 9. The molecule has 3 atom stereocenters. The normalized spacial score (nSPS) is 19.7. The van der Waals surface area contributed by atoms with Crippen molar-refractivity contribution in [2.45, 2.75) is 59.5 Å². The lowest BCUT2D eigenvalue weighted by Gasteiger charge is -2.15. The molecule has 182 valence electrons. The van der Waals surface area contributed by atoms with Gasteiger partial charge < -0.3 is 9.47 Å². The standard InChI is InChI=1S/C30H32FNO3/c1-5-6-9-34-22-7-8-23(17(2)10-22)24-13-21(27(31)11-18(24)3)16-35-28-14-20-12-25-29(19(4)33)30(25)26(20)15-32-28/h7-8,10-11,13-15,25,29-30H,5-6,9,12,16H2,1-4H3/t25-,29-,30+/m0/s1. The number of hydrogen-bond donors (Lipinski definition) is 0. The highest BCUT2D eigenvalue weighted by atomic mass is 19.1. The highest BCUT2D eigenvalue weighted by Gasteiger charge is 2.58. The van der Waals surface area contributed by atoms with Gasteiger partial charge in [0.05, 0.1) is 6.61 Å². The first-order valence-corrected chi connectivity index (χ1v) is 12.5. The summed E-state index contributed by atoms with van der Waals surface area (Å²) in [5.41, 5.74) is 6.87. The summed E-state index contributed by atoms with van der Waals surface area (Å²) in [6, 6.07) is 11.5. The van der Waals surface area contributed by atoms with Crippen LogP contribution in [-0.2, 0) is 17.8 Å². The van der Waals surface area contributed by atoms with E-state index in [-0.39, 0.29) is 24.1 Å². The van der Waals surface area contributed by atoms with Gasteiger partial charge in [-0.2, -0.15) is 0 Å². The number of hydrogen-bond acceptors (Lipinski definition) is 4.